The van der Waals surface area contributed by atoms with Crippen LogP contribution in [0.1, 0.15) is 0 Å². The lowest BCUT2D eigenvalue weighted by Crippen LogP contribution is -2.21. The lowest BCUT2D eigenvalue weighted by atomic mass is 10.3. The maximum Gasteiger partial charge on any atom is 0.490 e. The first kappa shape index (κ1) is 15.6. The lowest BCUT2D eigenvalue weighted by molar-refractivity contribution is -0.192. The minimum Gasteiger partial charge on any atom is -0.475 e. The van der Waals surface area contributed by atoms with E-state index in [2.05, 4.69) is 5.32 Å². The van der Waals surface area contributed by atoms with Gasteiger partial charge in [-0.3, -0.25) is 0 Å². The highest BCUT2D eigenvalue weighted by Gasteiger charge is 2.38. The van der Waals surface area contributed by atoms with E-state index in [1.54, 1.807) is 0 Å². The second-order valence-corrected chi connectivity index (χ2v) is 3.66. The zero-order valence-corrected chi connectivity index (χ0v) is 10.3. The molecule has 0 unspecified atom stereocenters. The van der Waals surface area contributed by atoms with E-state index in [-0.39, 0.29) is 0 Å². The highest BCUT2D eigenvalue weighted by Crippen LogP contribution is 2.14. The van der Waals surface area contributed by atoms with E-state index < -0.39 is 12.1 Å². The number of benzene rings is 2. The van der Waals surface area contributed by atoms with Crippen molar-refractivity contribution in [1.29, 1.82) is 0 Å². The summed E-state index contributed by atoms with van der Waals surface area (Å²) in [6.07, 6.45) is -5.08. The zero-order valence-electron chi connectivity index (χ0n) is 10.3. The van der Waals surface area contributed by atoms with Crippen molar-refractivity contribution in [3.63, 3.8) is 0 Å². The van der Waals surface area contributed by atoms with Crippen LogP contribution in [-0.2, 0) is 4.79 Å². The van der Waals surface area contributed by atoms with Gasteiger partial charge >= 0.3 is 12.1 Å². The quantitative estimate of drug-likeness (QED) is 0.873. The third-order valence-electron chi connectivity index (χ3n) is 2.08. The summed E-state index contributed by atoms with van der Waals surface area (Å²) in [5.74, 6) is -2.76. The highest BCUT2D eigenvalue weighted by molar-refractivity contribution is 5.73. The van der Waals surface area contributed by atoms with E-state index in [0.29, 0.717) is 0 Å². The molecule has 0 spiro atoms. The molecule has 2 aromatic carbocycles. The summed E-state index contributed by atoms with van der Waals surface area (Å²) in [6, 6.07) is 20.3. The van der Waals surface area contributed by atoms with Gasteiger partial charge in [0, 0.05) is 11.4 Å². The Kier molecular flexibility index (Phi) is 5.58. The molecule has 2 N–H and O–H groups in total. The Balaban J connectivity index is 0.000000246. The van der Waals surface area contributed by atoms with Crippen LogP contribution >= 0.6 is 0 Å². The van der Waals surface area contributed by atoms with Crippen LogP contribution in [0.2, 0.25) is 0 Å². The molecule has 0 bridgehead atoms. The van der Waals surface area contributed by atoms with Gasteiger partial charge in [-0.2, -0.15) is 13.2 Å². The average Bonchev–Trinajstić information content (AvgIpc) is 2.40. The summed E-state index contributed by atoms with van der Waals surface area (Å²) >= 11 is 0. The molecule has 0 saturated carbocycles. The van der Waals surface area contributed by atoms with Crippen molar-refractivity contribution in [3.05, 3.63) is 60.7 Å². The third kappa shape index (κ3) is 5.90. The van der Waals surface area contributed by atoms with Crippen LogP contribution in [-0.4, -0.2) is 17.3 Å². The van der Waals surface area contributed by atoms with Crippen LogP contribution in [0.5, 0.6) is 0 Å². The fourth-order valence-corrected chi connectivity index (χ4v) is 1.21. The van der Waals surface area contributed by atoms with Crippen LogP contribution < -0.4 is 5.32 Å². The fraction of sp³-hybridized carbons (Fsp3) is 0.0714. The number of aliphatic carboxylic acids is 1. The van der Waals surface area contributed by atoms with E-state index in [4.69, 9.17) is 9.90 Å². The lowest BCUT2D eigenvalue weighted by Gasteiger charge is -2.04. The molecule has 0 aliphatic rings. The summed E-state index contributed by atoms with van der Waals surface area (Å²) in [7, 11) is 0. The number of rotatable bonds is 2. The Hall–Kier alpha value is -2.50. The van der Waals surface area contributed by atoms with Gasteiger partial charge in [-0.1, -0.05) is 36.4 Å². The summed E-state index contributed by atoms with van der Waals surface area (Å²) < 4.78 is 31.7. The number of nitrogens with one attached hydrogen (secondary N) is 1. The molecule has 0 atom stereocenters. The van der Waals surface area contributed by atoms with E-state index in [9.17, 15) is 13.2 Å². The molecular weight excluding hydrogens is 271 g/mol. The van der Waals surface area contributed by atoms with E-state index in [0.717, 1.165) is 11.4 Å². The Labute approximate surface area is 113 Å². The maximum absolute atomic E-state index is 10.6. The monoisotopic (exact) mass is 283 g/mol. The van der Waals surface area contributed by atoms with Crippen molar-refractivity contribution in [3.8, 4) is 0 Å². The van der Waals surface area contributed by atoms with Crippen molar-refractivity contribution in [2.45, 2.75) is 6.18 Å². The molecular formula is C14H12F3NO2. The van der Waals surface area contributed by atoms with Gasteiger partial charge in [-0.25, -0.2) is 4.79 Å². The number of halogens is 3. The summed E-state index contributed by atoms with van der Waals surface area (Å²) in [6.45, 7) is 0. The topological polar surface area (TPSA) is 49.3 Å². The Bertz CT molecular complexity index is 490. The molecule has 0 radical (unpaired) electrons. The van der Waals surface area contributed by atoms with Gasteiger partial charge in [0.05, 0.1) is 0 Å². The molecule has 2 aromatic rings. The first-order valence-electron chi connectivity index (χ1n) is 5.57. The second kappa shape index (κ2) is 7.18. The van der Waals surface area contributed by atoms with Crippen LogP contribution in [0, 0.1) is 0 Å². The van der Waals surface area contributed by atoms with Crippen molar-refractivity contribution in [2.75, 3.05) is 5.32 Å². The van der Waals surface area contributed by atoms with Crippen LogP contribution in [0.15, 0.2) is 60.7 Å². The van der Waals surface area contributed by atoms with Crippen molar-refractivity contribution in [1.82, 2.24) is 0 Å². The molecule has 0 amide bonds. The largest absolute Gasteiger partial charge is 0.490 e. The molecule has 20 heavy (non-hydrogen) atoms. The normalized spacial score (nSPS) is 10.2. The summed E-state index contributed by atoms with van der Waals surface area (Å²) in [5.41, 5.74) is 2.24. The molecule has 0 aromatic heterocycles. The number of carbonyl (C=O) groups is 1. The summed E-state index contributed by atoms with van der Waals surface area (Å²) in [5, 5.41) is 10.4. The number of hydrogen-bond donors (Lipinski definition) is 2. The molecule has 6 heteroatoms. The number of anilines is 2. The standard InChI is InChI=1S/C12H11N.C2HF3O2/c1-3-7-11(8-4-1)13-12-9-5-2-6-10-12;3-2(4,5)1(6)7/h1-10,13H;(H,6,7). The average molecular weight is 283 g/mol. The van der Waals surface area contributed by atoms with Crippen LogP contribution in [0.4, 0.5) is 24.5 Å². The van der Waals surface area contributed by atoms with Gasteiger partial charge in [-0.05, 0) is 24.3 Å². The van der Waals surface area contributed by atoms with E-state index in [1.165, 1.54) is 0 Å². The van der Waals surface area contributed by atoms with E-state index in [1.807, 2.05) is 60.7 Å². The van der Waals surface area contributed by atoms with Crippen molar-refractivity contribution >= 4 is 17.3 Å². The predicted molar refractivity (Wildman–Crippen MR) is 69.9 cm³/mol. The molecule has 0 fully saturated rings. The SMILES string of the molecule is O=C(O)C(F)(F)F.c1ccc(Nc2ccccc2)cc1. The number of carboxylic acid groups (broad SMARTS) is 1. The van der Waals surface area contributed by atoms with Crippen LogP contribution in [0.3, 0.4) is 0 Å². The number of alkyl halides is 3. The predicted octanol–water partition coefficient (Wildman–Crippen LogP) is 4.06. The van der Waals surface area contributed by atoms with Crippen molar-refractivity contribution in [2.24, 2.45) is 0 Å². The van der Waals surface area contributed by atoms with Gasteiger partial charge in [-0.15, -0.1) is 0 Å². The van der Waals surface area contributed by atoms with Gasteiger partial charge in [0.1, 0.15) is 0 Å². The number of carboxylic acids is 1. The van der Waals surface area contributed by atoms with Gasteiger partial charge in [0.15, 0.2) is 0 Å². The second-order valence-electron chi connectivity index (χ2n) is 3.66. The Morgan fingerprint density at radius 1 is 0.850 bits per heavy atom. The van der Waals surface area contributed by atoms with Gasteiger partial charge in [0.2, 0.25) is 0 Å². The molecule has 106 valence electrons. The molecule has 0 aliphatic heterocycles. The molecule has 0 heterocycles. The molecule has 0 aliphatic carbocycles. The van der Waals surface area contributed by atoms with E-state index >= 15 is 0 Å². The Morgan fingerprint density at radius 2 is 1.15 bits per heavy atom. The van der Waals surface area contributed by atoms with Gasteiger partial charge < -0.3 is 10.4 Å². The highest BCUT2D eigenvalue weighted by atomic mass is 19.4. The van der Waals surface area contributed by atoms with Gasteiger partial charge in [0.25, 0.3) is 0 Å². The summed E-state index contributed by atoms with van der Waals surface area (Å²) in [4.78, 5) is 8.90. The number of para-hydroxylation sites is 2. The minimum absolute atomic E-state index is 1.12. The third-order valence-corrected chi connectivity index (χ3v) is 2.08. The first-order chi connectivity index (χ1) is 9.39. The molecule has 3 nitrogen and oxygen atoms in total. The number of hydrogen-bond acceptors (Lipinski definition) is 2. The Morgan fingerprint density at radius 3 is 1.40 bits per heavy atom. The zero-order chi connectivity index (χ0) is 15.0. The van der Waals surface area contributed by atoms with Crippen molar-refractivity contribution < 1.29 is 23.1 Å². The fourth-order valence-electron chi connectivity index (χ4n) is 1.21. The van der Waals surface area contributed by atoms with Crippen LogP contribution in [0.25, 0.3) is 0 Å². The molecule has 0 saturated heterocycles. The molecule has 2 rings (SSSR count). The first-order valence-corrected chi connectivity index (χ1v) is 5.57. The maximum atomic E-state index is 10.6. The smallest absolute Gasteiger partial charge is 0.475 e. The minimum atomic E-state index is -5.08.